The quantitative estimate of drug-likeness (QED) is 0.207. The summed E-state index contributed by atoms with van der Waals surface area (Å²) in [6.45, 7) is 13.2. The van der Waals surface area contributed by atoms with E-state index in [1.54, 1.807) is 12.1 Å². The van der Waals surface area contributed by atoms with Crippen LogP contribution in [0.3, 0.4) is 0 Å². The number of piperazine rings is 1. The molecule has 0 aliphatic carbocycles. The molecule has 0 unspecified atom stereocenters. The molecule has 2 N–H and O–H groups in total. The Bertz CT molecular complexity index is 1850. The second-order valence-corrected chi connectivity index (χ2v) is 11.4. The molecule has 0 spiro atoms. The molecule has 0 atom stereocenters. The number of hydrogen-bond acceptors (Lipinski definition) is 8. The van der Waals surface area contributed by atoms with Crippen molar-refractivity contribution in [3.8, 4) is 0 Å². The minimum Gasteiger partial charge on any atom is -0.367 e. The number of carbonyl (C=O) groups excluding carboxylic acids is 1. The van der Waals surface area contributed by atoms with E-state index in [0.29, 0.717) is 41.8 Å². The van der Waals surface area contributed by atoms with Crippen molar-refractivity contribution in [3.05, 3.63) is 89.9 Å². The number of aryl methyl sites for hydroxylation is 2. The molecule has 1 aliphatic heterocycles. The molecule has 6 rings (SSSR count). The van der Waals surface area contributed by atoms with E-state index >= 15 is 4.39 Å². The van der Waals surface area contributed by atoms with Gasteiger partial charge in [-0.1, -0.05) is 19.1 Å². The molecular formula is C34H39FN10O. The first-order valence-corrected chi connectivity index (χ1v) is 15.7. The number of benzene rings is 2. The molecule has 12 heteroatoms. The summed E-state index contributed by atoms with van der Waals surface area (Å²) in [6, 6.07) is 18.1. The van der Waals surface area contributed by atoms with E-state index in [9.17, 15) is 4.79 Å². The van der Waals surface area contributed by atoms with E-state index < -0.39 is 0 Å². The third-order valence-corrected chi connectivity index (χ3v) is 8.32. The van der Waals surface area contributed by atoms with E-state index in [1.165, 1.54) is 17.3 Å². The fourth-order valence-corrected chi connectivity index (χ4v) is 5.94. The molecule has 5 aromatic rings. The van der Waals surface area contributed by atoms with Gasteiger partial charge in [-0.15, -0.1) is 0 Å². The summed E-state index contributed by atoms with van der Waals surface area (Å²) in [5.74, 6) is 0.569. The van der Waals surface area contributed by atoms with Crippen LogP contribution in [0.2, 0.25) is 0 Å². The SMILES string of the molecule is CCN1CCN(c2ccc(Nc3cc(N(CC)C(=O)Nc4cccc5c4c(C)nn5Cc4cccc(C)n4)ncn3)cc2F)CC1. The number of fused-ring (bicyclic) bond motifs is 1. The second-order valence-electron chi connectivity index (χ2n) is 11.4. The van der Waals surface area contributed by atoms with Gasteiger partial charge in [0.05, 0.1) is 34.8 Å². The monoisotopic (exact) mass is 622 g/mol. The van der Waals surface area contributed by atoms with Crippen molar-refractivity contribution < 1.29 is 9.18 Å². The fourth-order valence-electron chi connectivity index (χ4n) is 5.94. The number of rotatable bonds is 9. The fraction of sp³-hybridized carbons (Fsp3) is 0.324. The predicted octanol–water partition coefficient (Wildman–Crippen LogP) is 5.97. The van der Waals surface area contributed by atoms with Crippen molar-refractivity contribution >= 4 is 45.6 Å². The Morgan fingerprint density at radius 1 is 0.978 bits per heavy atom. The maximum absolute atomic E-state index is 15.2. The highest BCUT2D eigenvalue weighted by Crippen LogP contribution is 2.29. The minimum absolute atomic E-state index is 0.290. The summed E-state index contributed by atoms with van der Waals surface area (Å²) < 4.78 is 17.1. The molecule has 238 valence electrons. The molecule has 1 fully saturated rings. The molecule has 3 aromatic heterocycles. The number of carbonyl (C=O) groups is 1. The van der Waals surface area contributed by atoms with Crippen LogP contribution in [-0.2, 0) is 6.54 Å². The topological polar surface area (TPSA) is 107 Å². The van der Waals surface area contributed by atoms with Crippen molar-refractivity contribution in [3.63, 3.8) is 0 Å². The predicted molar refractivity (Wildman–Crippen MR) is 181 cm³/mol. The van der Waals surface area contributed by atoms with Gasteiger partial charge < -0.3 is 20.4 Å². The molecule has 1 saturated heterocycles. The lowest BCUT2D eigenvalue weighted by atomic mass is 10.1. The standard InChI is InChI=1S/C34H39FN10O/c1-5-42-15-17-43(18-16-42)29-14-13-25(19-27(29)35)39-31-20-32(37-22-36-31)44(6-2)34(46)40-28-11-8-12-30-33(28)24(4)41-45(30)21-26-10-7-9-23(3)38-26/h7-14,19-20,22H,5-6,15-18,21H2,1-4H3,(H,40,46)(H,36,37,39). The van der Waals surface area contributed by atoms with Gasteiger partial charge in [0.1, 0.15) is 23.8 Å². The van der Waals surface area contributed by atoms with Crippen LogP contribution in [0.4, 0.5) is 37.9 Å². The summed E-state index contributed by atoms with van der Waals surface area (Å²) in [5.41, 5.74) is 5.37. The van der Waals surface area contributed by atoms with Crippen molar-refractivity contribution in [2.24, 2.45) is 0 Å². The minimum atomic E-state index is -0.342. The lowest BCUT2D eigenvalue weighted by molar-refractivity contribution is 0.257. The van der Waals surface area contributed by atoms with E-state index in [1.807, 2.05) is 67.9 Å². The number of likely N-dealkylation sites (N-methyl/N-ethyl adjacent to an activating group) is 1. The first kappa shape index (κ1) is 30.9. The number of aromatic nitrogens is 5. The van der Waals surface area contributed by atoms with Gasteiger partial charge in [0.2, 0.25) is 0 Å². The molecule has 11 nitrogen and oxygen atoms in total. The molecule has 4 heterocycles. The molecule has 46 heavy (non-hydrogen) atoms. The molecule has 2 aromatic carbocycles. The van der Waals surface area contributed by atoms with Gasteiger partial charge >= 0.3 is 6.03 Å². The molecule has 0 bridgehead atoms. The molecule has 0 radical (unpaired) electrons. The smallest absolute Gasteiger partial charge is 0.327 e. The number of pyridine rings is 1. The zero-order valence-electron chi connectivity index (χ0n) is 26.7. The Kier molecular flexibility index (Phi) is 9.06. The van der Waals surface area contributed by atoms with Crippen molar-refractivity contribution in [2.45, 2.75) is 34.2 Å². The van der Waals surface area contributed by atoms with Crippen LogP contribution in [0.15, 0.2) is 67.0 Å². The number of anilines is 5. The van der Waals surface area contributed by atoms with E-state index in [0.717, 1.165) is 60.7 Å². The average Bonchev–Trinajstić information content (AvgIpc) is 3.37. The van der Waals surface area contributed by atoms with Gasteiger partial charge in [-0.05, 0) is 69.8 Å². The zero-order chi connectivity index (χ0) is 32.2. The Labute approximate surface area is 268 Å². The van der Waals surface area contributed by atoms with Gasteiger partial charge in [0.15, 0.2) is 0 Å². The summed E-state index contributed by atoms with van der Waals surface area (Å²) in [6.07, 6.45) is 1.39. The Hall–Kier alpha value is -5.10. The van der Waals surface area contributed by atoms with E-state index in [4.69, 9.17) is 5.10 Å². The maximum atomic E-state index is 15.2. The molecule has 0 saturated carbocycles. The van der Waals surface area contributed by atoms with E-state index in [-0.39, 0.29) is 11.8 Å². The van der Waals surface area contributed by atoms with Crippen LogP contribution in [0, 0.1) is 19.7 Å². The Morgan fingerprint density at radius 2 is 1.78 bits per heavy atom. The first-order valence-electron chi connectivity index (χ1n) is 15.7. The molecule has 1 aliphatic rings. The number of urea groups is 1. The van der Waals surface area contributed by atoms with Crippen LogP contribution in [0.1, 0.15) is 30.9 Å². The largest absolute Gasteiger partial charge is 0.367 e. The Morgan fingerprint density at radius 3 is 2.52 bits per heavy atom. The van der Waals surface area contributed by atoms with E-state index in [2.05, 4.69) is 42.3 Å². The van der Waals surface area contributed by atoms with Crippen molar-refractivity contribution in [2.75, 3.05) is 59.7 Å². The highest BCUT2D eigenvalue weighted by molar-refractivity contribution is 6.07. The van der Waals surface area contributed by atoms with Gasteiger partial charge in [-0.3, -0.25) is 14.6 Å². The van der Waals surface area contributed by atoms with Crippen LogP contribution >= 0.6 is 0 Å². The van der Waals surface area contributed by atoms with Crippen LogP contribution in [-0.4, -0.2) is 74.9 Å². The second kappa shape index (κ2) is 13.5. The highest BCUT2D eigenvalue weighted by atomic mass is 19.1. The van der Waals surface area contributed by atoms with Crippen LogP contribution in [0.5, 0.6) is 0 Å². The maximum Gasteiger partial charge on any atom is 0.327 e. The number of hydrogen-bond donors (Lipinski definition) is 2. The average molecular weight is 623 g/mol. The summed E-state index contributed by atoms with van der Waals surface area (Å²) in [5, 5.41) is 11.8. The lowest BCUT2D eigenvalue weighted by Crippen LogP contribution is -2.46. The molecular weight excluding hydrogens is 583 g/mol. The highest BCUT2D eigenvalue weighted by Gasteiger charge is 2.21. The normalized spacial score (nSPS) is 13.6. The number of nitrogens with zero attached hydrogens (tertiary/aromatic N) is 8. The summed E-state index contributed by atoms with van der Waals surface area (Å²) in [4.78, 5) is 32.9. The van der Waals surface area contributed by atoms with Gasteiger partial charge in [0.25, 0.3) is 0 Å². The van der Waals surface area contributed by atoms with Gasteiger partial charge in [-0.25, -0.2) is 19.2 Å². The lowest BCUT2D eigenvalue weighted by Gasteiger charge is -2.35. The Balaban J connectivity index is 1.17. The van der Waals surface area contributed by atoms with Crippen LogP contribution < -0.4 is 20.4 Å². The molecule has 2 amide bonds. The number of nitrogens with one attached hydrogen (secondary N) is 2. The van der Waals surface area contributed by atoms with Crippen molar-refractivity contribution in [1.29, 1.82) is 0 Å². The van der Waals surface area contributed by atoms with Gasteiger partial charge in [-0.2, -0.15) is 5.10 Å². The zero-order valence-corrected chi connectivity index (χ0v) is 26.7. The summed E-state index contributed by atoms with van der Waals surface area (Å²) in [7, 11) is 0. The number of amides is 2. The number of halogens is 1. The third-order valence-electron chi connectivity index (χ3n) is 8.32. The van der Waals surface area contributed by atoms with Gasteiger partial charge in [0, 0.05) is 55.6 Å². The summed E-state index contributed by atoms with van der Waals surface area (Å²) >= 11 is 0. The van der Waals surface area contributed by atoms with Crippen molar-refractivity contribution in [1.82, 2.24) is 29.6 Å². The third kappa shape index (κ3) is 6.62. The van der Waals surface area contributed by atoms with Crippen LogP contribution in [0.25, 0.3) is 10.9 Å². The first-order chi connectivity index (χ1) is 22.3.